The van der Waals surface area contributed by atoms with Gasteiger partial charge in [0, 0.05) is 10.6 Å². The van der Waals surface area contributed by atoms with E-state index in [-0.39, 0.29) is 11.9 Å². The molecule has 3 nitrogen and oxygen atoms in total. The Morgan fingerprint density at radius 2 is 1.50 bits per heavy atom. The van der Waals surface area contributed by atoms with Crippen molar-refractivity contribution < 1.29 is 4.79 Å². The third kappa shape index (κ3) is 4.99. The Labute approximate surface area is 220 Å². The molecule has 186 valence electrons. The highest BCUT2D eigenvalue weighted by molar-refractivity contribution is 6.47. The van der Waals surface area contributed by atoms with E-state index in [2.05, 4.69) is 67.3 Å². The van der Waals surface area contributed by atoms with Crippen LogP contribution in [0.4, 0.5) is 0 Å². The normalized spacial score (nSPS) is 18.1. The van der Waals surface area contributed by atoms with Crippen LogP contribution in [0.25, 0.3) is 11.1 Å². The Morgan fingerprint density at radius 3 is 2.19 bits per heavy atom. The van der Waals surface area contributed by atoms with E-state index in [9.17, 15) is 4.79 Å². The molecule has 0 saturated heterocycles. The molecule has 1 amide bonds. The molecule has 1 heterocycles. The lowest BCUT2D eigenvalue weighted by molar-refractivity contribution is -0.133. The number of nitrogens with zero attached hydrogens (tertiary/aromatic N) is 2. The Hall–Kier alpha value is -2.91. The number of amides is 1. The van der Waals surface area contributed by atoms with Crippen LogP contribution in [0.2, 0.25) is 5.02 Å². The second-order valence-corrected chi connectivity index (χ2v) is 11.1. The SMILES string of the molecule is CC(C)CCC(c1ccccc1)N1C(=O)C(c2cccc(-c3cccc(Cl)c3)c2)=NC12CCCCC2. The lowest BCUT2D eigenvalue weighted by Crippen LogP contribution is -2.50. The zero-order valence-corrected chi connectivity index (χ0v) is 22.0. The van der Waals surface area contributed by atoms with Gasteiger partial charge in [0.1, 0.15) is 11.4 Å². The van der Waals surface area contributed by atoms with Gasteiger partial charge >= 0.3 is 0 Å². The molecule has 1 fully saturated rings. The molecule has 0 radical (unpaired) electrons. The van der Waals surface area contributed by atoms with Crippen molar-refractivity contribution in [1.29, 1.82) is 0 Å². The van der Waals surface area contributed by atoms with Gasteiger partial charge in [0.05, 0.1) is 6.04 Å². The molecule has 2 aliphatic rings. The largest absolute Gasteiger partial charge is 0.305 e. The van der Waals surface area contributed by atoms with Gasteiger partial charge in [-0.25, -0.2) is 0 Å². The van der Waals surface area contributed by atoms with E-state index in [1.807, 2.05) is 30.3 Å². The van der Waals surface area contributed by atoms with Crippen LogP contribution in [0.1, 0.15) is 76.0 Å². The van der Waals surface area contributed by atoms with Gasteiger partial charge in [-0.1, -0.05) is 92.5 Å². The van der Waals surface area contributed by atoms with Crippen LogP contribution in [0.15, 0.2) is 83.9 Å². The fourth-order valence-electron chi connectivity index (χ4n) is 5.83. The van der Waals surface area contributed by atoms with Gasteiger partial charge in [-0.3, -0.25) is 9.79 Å². The zero-order chi connectivity index (χ0) is 25.1. The number of benzene rings is 3. The predicted octanol–water partition coefficient (Wildman–Crippen LogP) is 8.48. The summed E-state index contributed by atoms with van der Waals surface area (Å²) >= 11 is 6.26. The topological polar surface area (TPSA) is 32.7 Å². The van der Waals surface area contributed by atoms with Gasteiger partial charge in [0.15, 0.2) is 0 Å². The van der Waals surface area contributed by atoms with Crippen LogP contribution in [0, 0.1) is 5.92 Å². The van der Waals surface area contributed by atoms with Crippen molar-refractivity contribution in [3.63, 3.8) is 0 Å². The van der Waals surface area contributed by atoms with Gasteiger partial charge in [0.25, 0.3) is 5.91 Å². The van der Waals surface area contributed by atoms with Gasteiger partial charge in [-0.05, 0) is 79.3 Å². The summed E-state index contributed by atoms with van der Waals surface area (Å²) < 4.78 is 0. The Kier molecular flexibility index (Phi) is 7.29. The molecule has 0 bridgehead atoms. The van der Waals surface area contributed by atoms with Crippen molar-refractivity contribution in [2.24, 2.45) is 10.9 Å². The van der Waals surface area contributed by atoms with Gasteiger partial charge < -0.3 is 4.90 Å². The number of aliphatic imine (C=N–C) groups is 1. The number of halogens is 1. The van der Waals surface area contributed by atoms with E-state index in [4.69, 9.17) is 16.6 Å². The maximum atomic E-state index is 14.3. The van der Waals surface area contributed by atoms with Gasteiger partial charge in [-0.15, -0.1) is 0 Å². The summed E-state index contributed by atoms with van der Waals surface area (Å²) in [5.41, 5.74) is 4.33. The van der Waals surface area contributed by atoms with Crippen molar-refractivity contribution >= 4 is 23.2 Å². The van der Waals surface area contributed by atoms with E-state index in [1.54, 1.807) is 0 Å². The van der Waals surface area contributed by atoms with E-state index >= 15 is 0 Å². The van der Waals surface area contributed by atoms with E-state index < -0.39 is 5.66 Å². The summed E-state index contributed by atoms with van der Waals surface area (Å²) in [6.07, 6.45) is 7.30. The van der Waals surface area contributed by atoms with E-state index in [0.29, 0.717) is 16.7 Å². The third-order valence-electron chi connectivity index (χ3n) is 7.65. The average Bonchev–Trinajstić information content (AvgIpc) is 3.16. The first-order valence-electron chi connectivity index (χ1n) is 13.3. The Morgan fingerprint density at radius 1 is 0.833 bits per heavy atom. The first kappa shape index (κ1) is 24.8. The number of hydrogen-bond acceptors (Lipinski definition) is 2. The summed E-state index contributed by atoms with van der Waals surface area (Å²) in [6, 6.07) is 26.6. The van der Waals surface area contributed by atoms with Crippen LogP contribution in [-0.4, -0.2) is 22.2 Å². The van der Waals surface area contributed by atoms with Crippen molar-refractivity contribution in [1.82, 2.24) is 4.90 Å². The molecule has 3 aromatic rings. The molecule has 1 aliphatic carbocycles. The highest BCUT2D eigenvalue weighted by Crippen LogP contribution is 2.46. The molecule has 0 N–H and O–H groups in total. The molecule has 1 unspecified atom stereocenters. The van der Waals surface area contributed by atoms with Crippen molar-refractivity contribution in [2.75, 3.05) is 0 Å². The minimum Gasteiger partial charge on any atom is -0.305 e. The van der Waals surface area contributed by atoms with Crippen molar-refractivity contribution in [3.05, 3.63) is 95.0 Å². The summed E-state index contributed by atoms with van der Waals surface area (Å²) in [5, 5.41) is 0.704. The minimum atomic E-state index is -0.450. The second-order valence-electron chi connectivity index (χ2n) is 10.7. The van der Waals surface area contributed by atoms with E-state index in [1.165, 1.54) is 12.0 Å². The molecule has 1 aliphatic heterocycles. The molecule has 36 heavy (non-hydrogen) atoms. The molecule has 4 heteroatoms. The summed E-state index contributed by atoms with van der Waals surface area (Å²) in [4.78, 5) is 21.8. The van der Waals surface area contributed by atoms with Gasteiger partial charge in [0.2, 0.25) is 0 Å². The maximum Gasteiger partial charge on any atom is 0.275 e. The average molecular weight is 499 g/mol. The fourth-order valence-corrected chi connectivity index (χ4v) is 6.02. The van der Waals surface area contributed by atoms with Gasteiger partial charge in [-0.2, -0.15) is 0 Å². The lowest BCUT2D eigenvalue weighted by atomic mass is 9.85. The third-order valence-corrected chi connectivity index (χ3v) is 7.89. The number of hydrogen-bond donors (Lipinski definition) is 0. The van der Waals surface area contributed by atoms with Crippen LogP contribution in [0.5, 0.6) is 0 Å². The molecule has 1 saturated carbocycles. The Bertz CT molecular complexity index is 1240. The number of rotatable bonds is 7. The molecule has 5 rings (SSSR count). The molecule has 1 spiro atoms. The highest BCUT2D eigenvalue weighted by atomic mass is 35.5. The van der Waals surface area contributed by atoms with Crippen molar-refractivity contribution in [2.45, 2.75) is 70.5 Å². The van der Waals surface area contributed by atoms with Crippen LogP contribution in [0.3, 0.4) is 0 Å². The number of carbonyl (C=O) groups is 1. The van der Waals surface area contributed by atoms with Crippen LogP contribution in [-0.2, 0) is 4.79 Å². The molecule has 1 atom stereocenters. The monoisotopic (exact) mass is 498 g/mol. The summed E-state index contributed by atoms with van der Waals surface area (Å²) in [5.74, 6) is 0.642. The van der Waals surface area contributed by atoms with Crippen LogP contribution < -0.4 is 0 Å². The quantitative estimate of drug-likeness (QED) is 0.321. The molecular weight excluding hydrogens is 464 g/mol. The number of carbonyl (C=O) groups excluding carboxylic acids is 1. The molecular formula is C32H35ClN2O. The summed E-state index contributed by atoms with van der Waals surface area (Å²) in [7, 11) is 0. The van der Waals surface area contributed by atoms with E-state index in [0.717, 1.165) is 55.2 Å². The Balaban J connectivity index is 1.56. The molecule has 3 aromatic carbocycles. The smallest absolute Gasteiger partial charge is 0.275 e. The standard InChI is InChI=1S/C32H35ClN2O/c1-23(2)17-18-29(24-11-5-3-6-12-24)35-31(36)30(34-32(35)19-7-4-8-20-32)27-15-9-13-25(21-27)26-14-10-16-28(33)22-26/h3,5-6,9-16,21-23,29H,4,7-8,17-20H2,1-2H3. The maximum absolute atomic E-state index is 14.3. The first-order chi connectivity index (χ1) is 17.5. The fraction of sp³-hybridized carbons (Fsp3) is 0.375. The van der Waals surface area contributed by atoms with Crippen LogP contribution >= 0.6 is 11.6 Å². The minimum absolute atomic E-state index is 0.0246. The second kappa shape index (κ2) is 10.6. The zero-order valence-electron chi connectivity index (χ0n) is 21.3. The molecule has 0 aromatic heterocycles. The van der Waals surface area contributed by atoms with Crippen molar-refractivity contribution in [3.8, 4) is 11.1 Å². The summed E-state index contributed by atoms with van der Waals surface area (Å²) in [6.45, 7) is 4.51. The predicted molar refractivity (Wildman–Crippen MR) is 149 cm³/mol. The highest BCUT2D eigenvalue weighted by Gasteiger charge is 2.50. The lowest BCUT2D eigenvalue weighted by Gasteiger charge is -2.44. The first-order valence-corrected chi connectivity index (χ1v) is 13.7.